The second-order valence-electron chi connectivity index (χ2n) is 3.83. The number of nitrogen functional groups attached to an aromatic ring is 1. The summed E-state index contributed by atoms with van der Waals surface area (Å²) >= 11 is 0. The molecule has 14 heavy (non-hydrogen) atoms. The van der Waals surface area contributed by atoms with Crippen LogP contribution in [0.2, 0.25) is 0 Å². The van der Waals surface area contributed by atoms with Crippen LogP contribution in [-0.4, -0.2) is 20.0 Å². The topological polar surface area (TPSA) is 69.6 Å². The van der Waals surface area contributed by atoms with E-state index in [1.807, 2.05) is 4.68 Å². The summed E-state index contributed by atoms with van der Waals surface area (Å²) in [6.45, 7) is 0.938. The Labute approximate surface area is 80.9 Å². The first-order valence-electron chi connectivity index (χ1n) is 4.77. The van der Waals surface area contributed by atoms with Crippen molar-refractivity contribution >= 4 is 16.9 Å². The Morgan fingerprint density at radius 3 is 3.14 bits per heavy atom. The number of nitrogens with zero attached hydrogens (tertiary/aromatic N) is 4. The first-order valence-corrected chi connectivity index (χ1v) is 4.77. The summed E-state index contributed by atoms with van der Waals surface area (Å²) in [5.41, 5.74) is 7.86. The molecule has 0 unspecified atom stereocenters. The van der Waals surface area contributed by atoms with Crippen LogP contribution in [0, 0.1) is 5.92 Å². The van der Waals surface area contributed by atoms with Crippen LogP contribution < -0.4 is 5.73 Å². The lowest BCUT2D eigenvalue weighted by Crippen LogP contribution is -2.02. The maximum atomic E-state index is 5.61. The average Bonchev–Trinajstić information content (AvgIpc) is 2.89. The molecule has 5 heteroatoms. The molecule has 1 aliphatic carbocycles. The summed E-state index contributed by atoms with van der Waals surface area (Å²) in [5, 5.41) is 8.10. The number of nitrogens with two attached hydrogens (primary N) is 1. The summed E-state index contributed by atoms with van der Waals surface area (Å²) in [6.07, 6.45) is 4.25. The van der Waals surface area contributed by atoms with Crippen molar-refractivity contribution < 1.29 is 0 Å². The minimum atomic E-state index is 0.635. The molecule has 2 aromatic heterocycles. The van der Waals surface area contributed by atoms with Crippen molar-refractivity contribution in [2.24, 2.45) is 5.92 Å². The van der Waals surface area contributed by atoms with Gasteiger partial charge < -0.3 is 5.73 Å². The van der Waals surface area contributed by atoms with Crippen molar-refractivity contribution in [1.82, 2.24) is 20.0 Å². The van der Waals surface area contributed by atoms with Crippen molar-refractivity contribution in [2.75, 3.05) is 5.73 Å². The molecule has 0 aromatic carbocycles. The van der Waals surface area contributed by atoms with Crippen LogP contribution >= 0.6 is 0 Å². The maximum absolute atomic E-state index is 5.61. The minimum Gasteiger partial charge on any atom is -0.397 e. The highest BCUT2D eigenvalue weighted by molar-refractivity contribution is 5.73. The van der Waals surface area contributed by atoms with E-state index >= 15 is 0 Å². The molecule has 0 amide bonds. The fourth-order valence-corrected chi connectivity index (χ4v) is 1.55. The van der Waals surface area contributed by atoms with Gasteiger partial charge in [-0.1, -0.05) is 5.21 Å². The predicted molar refractivity (Wildman–Crippen MR) is 52.5 cm³/mol. The molecule has 0 atom stereocenters. The van der Waals surface area contributed by atoms with Crippen molar-refractivity contribution in [3.8, 4) is 0 Å². The molecule has 0 aliphatic heterocycles. The van der Waals surface area contributed by atoms with E-state index in [4.69, 9.17) is 5.73 Å². The number of aromatic nitrogens is 4. The molecule has 0 spiro atoms. The van der Waals surface area contributed by atoms with E-state index in [0.29, 0.717) is 5.69 Å². The van der Waals surface area contributed by atoms with Crippen LogP contribution in [0.4, 0.5) is 5.69 Å². The molecule has 0 saturated heterocycles. The average molecular weight is 189 g/mol. The standard InChI is InChI=1S/C9H11N5/c10-7-3-8-9(11-4-7)14(13-12-8)5-6-1-2-6/h3-4,6H,1-2,5,10H2. The minimum absolute atomic E-state index is 0.635. The number of hydrogen-bond acceptors (Lipinski definition) is 4. The Morgan fingerprint density at radius 1 is 1.50 bits per heavy atom. The zero-order valence-electron chi connectivity index (χ0n) is 7.72. The Bertz CT molecular complexity index is 471. The third kappa shape index (κ3) is 1.21. The molecule has 2 N–H and O–H groups in total. The Hall–Kier alpha value is -1.65. The van der Waals surface area contributed by atoms with Crippen LogP contribution in [0.15, 0.2) is 12.3 Å². The number of fused-ring (bicyclic) bond motifs is 1. The van der Waals surface area contributed by atoms with E-state index in [1.54, 1.807) is 12.3 Å². The molecule has 5 nitrogen and oxygen atoms in total. The first-order chi connectivity index (χ1) is 6.83. The molecule has 1 aliphatic rings. The fourth-order valence-electron chi connectivity index (χ4n) is 1.55. The van der Waals surface area contributed by atoms with E-state index in [2.05, 4.69) is 15.3 Å². The Balaban J connectivity index is 2.06. The van der Waals surface area contributed by atoms with Crippen LogP contribution in [0.1, 0.15) is 12.8 Å². The zero-order chi connectivity index (χ0) is 9.54. The monoisotopic (exact) mass is 189 g/mol. The largest absolute Gasteiger partial charge is 0.397 e. The summed E-state index contributed by atoms with van der Waals surface area (Å²) < 4.78 is 1.87. The molecule has 72 valence electrons. The van der Waals surface area contributed by atoms with Gasteiger partial charge >= 0.3 is 0 Å². The number of anilines is 1. The van der Waals surface area contributed by atoms with Gasteiger partial charge in [0.25, 0.3) is 0 Å². The van der Waals surface area contributed by atoms with Gasteiger partial charge in [0.2, 0.25) is 0 Å². The van der Waals surface area contributed by atoms with E-state index in [-0.39, 0.29) is 0 Å². The van der Waals surface area contributed by atoms with Gasteiger partial charge in [0.15, 0.2) is 5.65 Å². The number of rotatable bonds is 2. The van der Waals surface area contributed by atoms with Crippen LogP contribution in [0.3, 0.4) is 0 Å². The molecule has 2 aromatic rings. The van der Waals surface area contributed by atoms with E-state index < -0.39 is 0 Å². The van der Waals surface area contributed by atoms with Crippen molar-refractivity contribution in [3.63, 3.8) is 0 Å². The van der Waals surface area contributed by atoms with E-state index in [0.717, 1.165) is 23.6 Å². The Kier molecular flexibility index (Phi) is 1.47. The van der Waals surface area contributed by atoms with Gasteiger partial charge in [0, 0.05) is 6.54 Å². The van der Waals surface area contributed by atoms with Gasteiger partial charge in [-0.15, -0.1) is 5.10 Å². The lowest BCUT2D eigenvalue weighted by molar-refractivity contribution is 0.555. The third-order valence-corrected chi connectivity index (χ3v) is 2.50. The highest BCUT2D eigenvalue weighted by Crippen LogP contribution is 2.30. The lowest BCUT2D eigenvalue weighted by Gasteiger charge is -1.98. The van der Waals surface area contributed by atoms with Crippen LogP contribution in [-0.2, 0) is 6.54 Å². The van der Waals surface area contributed by atoms with Crippen LogP contribution in [0.25, 0.3) is 11.2 Å². The molecular weight excluding hydrogens is 178 g/mol. The predicted octanol–water partition coefficient (Wildman–Crippen LogP) is 0.818. The smallest absolute Gasteiger partial charge is 0.178 e. The number of pyridine rings is 1. The second kappa shape index (κ2) is 2.67. The summed E-state index contributed by atoms with van der Waals surface area (Å²) in [5.74, 6) is 0.777. The van der Waals surface area contributed by atoms with Crippen molar-refractivity contribution in [2.45, 2.75) is 19.4 Å². The molecule has 1 fully saturated rings. The highest BCUT2D eigenvalue weighted by atomic mass is 15.4. The lowest BCUT2D eigenvalue weighted by atomic mass is 10.4. The van der Waals surface area contributed by atoms with E-state index in [1.165, 1.54) is 12.8 Å². The van der Waals surface area contributed by atoms with Gasteiger partial charge in [-0.2, -0.15) is 0 Å². The van der Waals surface area contributed by atoms with Crippen molar-refractivity contribution in [1.29, 1.82) is 0 Å². The molecule has 0 radical (unpaired) electrons. The van der Waals surface area contributed by atoms with Gasteiger partial charge in [-0.05, 0) is 24.8 Å². The van der Waals surface area contributed by atoms with Gasteiger partial charge in [-0.25, -0.2) is 9.67 Å². The normalized spacial score (nSPS) is 16.3. The van der Waals surface area contributed by atoms with Crippen LogP contribution in [0.5, 0.6) is 0 Å². The van der Waals surface area contributed by atoms with Crippen molar-refractivity contribution in [3.05, 3.63) is 12.3 Å². The molecule has 0 bridgehead atoms. The maximum Gasteiger partial charge on any atom is 0.178 e. The molecule has 1 saturated carbocycles. The molecular formula is C9H11N5. The Morgan fingerprint density at radius 2 is 2.36 bits per heavy atom. The first kappa shape index (κ1) is 7.73. The van der Waals surface area contributed by atoms with E-state index in [9.17, 15) is 0 Å². The van der Waals surface area contributed by atoms with Gasteiger partial charge in [0.05, 0.1) is 11.9 Å². The summed E-state index contributed by atoms with van der Waals surface area (Å²) in [7, 11) is 0. The summed E-state index contributed by atoms with van der Waals surface area (Å²) in [4.78, 5) is 4.23. The molecule has 3 rings (SSSR count). The SMILES string of the molecule is Nc1cnc2c(c1)nnn2CC1CC1. The quantitative estimate of drug-likeness (QED) is 0.759. The summed E-state index contributed by atoms with van der Waals surface area (Å²) in [6, 6.07) is 1.80. The zero-order valence-corrected chi connectivity index (χ0v) is 7.72. The highest BCUT2D eigenvalue weighted by Gasteiger charge is 2.23. The number of hydrogen-bond donors (Lipinski definition) is 1. The second-order valence-corrected chi connectivity index (χ2v) is 3.83. The third-order valence-electron chi connectivity index (χ3n) is 2.50. The van der Waals surface area contributed by atoms with Gasteiger partial charge in [-0.3, -0.25) is 0 Å². The van der Waals surface area contributed by atoms with Gasteiger partial charge in [0.1, 0.15) is 5.52 Å². The fraction of sp³-hybridized carbons (Fsp3) is 0.444. The molecule has 2 heterocycles.